The van der Waals surface area contributed by atoms with E-state index in [-0.39, 0.29) is 5.91 Å². The minimum atomic E-state index is -0.0404. The van der Waals surface area contributed by atoms with E-state index in [1.54, 1.807) is 31.4 Å². The molecule has 0 aliphatic carbocycles. The van der Waals surface area contributed by atoms with Crippen molar-refractivity contribution in [3.8, 4) is 28.4 Å². The first-order valence-corrected chi connectivity index (χ1v) is 11.1. The summed E-state index contributed by atoms with van der Waals surface area (Å²) in [6.45, 7) is 1.04. The van der Waals surface area contributed by atoms with Crippen LogP contribution < -0.4 is 4.74 Å². The van der Waals surface area contributed by atoms with Crippen molar-refractivity contribution >= 4 is 17.5 Å². The van der Waals surface area contributed by atoms with Crippen molar-refractivity contribution < 1.29 is 9.53 Å². The maximum atomic E-state index is 13.2. The van der Waals surface area contributed by atoms with Crippen molar-refractivity contribution in [2.45, 2.75) is 13.0 Å². The van der Waals surface area contributed by atoms with Crippen LogP contribution in [0.2, 0.25) is 5.02 Å². The van der Waals surface area contributed by atoms with Gasteiger partial charge in [0.05, 0.1) is 18.5 Å². The lowest BCUT2D eigenvalue weighted by Gasteiger charge is -2.30. The van der Waals surface area contributed by atoms with Crippen molar-refractivity contribution in [2.24, 2.45) is 0 Å². The lowest BCUT2D eigenvalue weighted by atomic mass is 9.98. The van der Waals surface area contributed by atoms with E-state index in [0.717, 1.165) is 33.8 Å². The summed E-state index contributed by atoms with van der Waals surface area (Å²) in [6.07, 6.45) is 0.660. The Morgan fingerprint density at radius 1 is 0.939 bits per heavy atom. The van der Waals surface area contributed by atoms with Crippen LogP contribution in [-0.2, 0) is 13.0 Å². The van der Waals surface area contributed by atoms with Gasteiger partial charge in [0.2, 0.25) is 0 Å². The number of rotatable bonds is 4. The molecule has 164 valence electrons. The maximum absolute atomic E-state index is 13.2. The first kappa shape index (κ1) is 21.2. The molecule has 0 radical (unpaired) electrons. The summed E-state index contributed by atoms with van der Waals surface area (Å²) >= 11 is 6.11. The molecule has 0 unspecified atom stereocenters. The Morgan fingerprint density at radius 3 is 2.45 bits per heavy atom. The molecule has 4 aromatic rings. The van der Waals surface area contributed by atoms with Crippen LogP contribution in [0.3, 0.4) is 0 Å². The molecule has 1 aromatic heterocycles. The van der Waals surface area contributed by atoms with Crippen LogP contribution in [0, 0.1) is 0 Å². The van der Waals surface area contributed by atoms with Gasteiger partial charge in [-0.05, 0) is 42.5 Å². The number of halogens is 1. The second-order valence-corrected chi connectivity index (χ2v) is 8.34. The van der Waals surface area contributed by atoms with Gasteiger partial charge in [-0.25, -0.2) is 9.97 Å². The Morgan fingerprint density at radius 2 is 1.73 bits per heavy atom. The van der Waals surface area contributed by atoms with Crippen LogP contribution >= 0.6 is 11.6 Å². The number of fused-ring (bicyclic) bond motifs is 1. The topological polar surface area (TPSA) is 55.3 Å². The van der Waals surface area contributed by atoms with Gasteiger partial charge >= 0.3 is 0 Å². The predicted octanol–water partition coefficient (Wildman–Crippen LogP) is 5.67. The number of hydrogen-bond donors (Lipinski definition) is 0. The smallest absolute Gasteiger partial charge is 0.254 e. The molecule has 2 heterocycles. The van der Waals surface area contributed by atoms with Crippen LogP contribution in [0.4, 0.5) is 0 Å². The minimum absolute atomic E-state index is 0.0404. The third-order valence-electron chi connectivity index (χ3n) is 5.81. The van der Waals surface area contributed by atoms with Gasteiger partial charge in [0.15, 0.2) is 5.82 Å². The molecule has 0 fully saturated rings. The molecule has 1 aliphatic heterocycles. The number of benzene rings is 3. The summed E-state index contributed by atoms with van der Waals surface area (Å²) < 4.78 is 5.28. The Labute approximate surface area is 197 Å². The molecule has 0 N–H and O–H groups in total. The second-order valence-electron chi connectivity index (χ2n) is 7.90. The molecule has 33 heavy (non-hydrogen) atoms. The molecule has 3 aromatic carbocycles. The van der Waals surface area contributed by atoms with E-state index >= 15 is 0 Å². The summed E-state index contributed by atoms with van der Waals surface area (Å²) in [4.78, 5) is 24.9. The van der Waals surface area contributed by atoms with Crippen molar-refractivity contribution in [3.63, 3.8) is 0 Å². The average molecular weight is 456 g/mol. The van der Waals surface area contributed by atoms with Crippen molar-refractivity contribution in [3.05, 3.63) is 101 Å². The monoisotopic (exact) mass is 455 g/mol. The Hall–Kier alpha value is -3.70. The van der Waals surface area contributed by atoms with Crippen LogP contribution in [0.15, 0.2) is 78.9 Å². The molecule has 0 bridgehead atoms. The largest absolute Gasteiger partial charge is 0.497 e. The zero-order valence-electron chi connectivity index (χ0n) is 18.2. The lowest BCUT2D eigenvalue weighted by Crippen LogP contribution is -2.37. The van der Waals surface area contributed by atoms with Crippen LogP contribution in [0.1, 0.15) is 21.6 Å². The predicted molar refractivity (Wildman–Crippen MR) is 129 cm³/mol. The molecule has 0 saturated carbocycles. The molecule has 5 nitrogen and oxygen atoms in total. The molecule has 1 aliphatic rings. The Balaban J connectivity index is 1.56. The number of methoxy groups -OCH3 is 1. The highest BCUT2D eigenvalue weighted by atomic mass is 35.5. The summed E-state index contributed by atoms with van der Waals surface area (Å²) in [6, 6.07) is 24.9. The normalized spacial score (nSPS) is 12.8. The molecule has 0 saturated heterocycles. The molecule has 0 spiro atoms. The zero-order valence-corrected chi connectivity index (χ0v) is 18.9. The molecule has 5 rings (SSSR count). The first-order valence-electron chi connectivity index (χ1n) is 10.8. The van der Waals surface area contributed by atoms with E-state index in [1.807, 2.05) is 59.5 Å². The number of ether oxygens (including phenoxy) is 1. The lowest BCUT2D eigenvalue weighted by molar-refractivity contribution is 0.0733. The van der Waals surface area contributed by atoms with E-state index < -0.39 is 0 Å². The average Bonchev–Trinajstić information content (AvgIpc) is 2.88. The zero-order chi connectivity index (χ0) is 22.8. The summed E-state index contributed by atoms with van der Waals surface area (Å²) in [7, 11) is 1.65. The van der Waals surface area contributed by atoms with Crippen molar-refractivity contribution in [2.75, 3.05) is 13.7 Å². The van der Waals surface area contributed by atoms with Gasteiger partial charge in [-0.1, -0.05) is 48.0 Å². The van der Waals surface area contributed by atoms with Crippen LogP contribution in [-0.4, -0.2) is 34.4 Å². The van der Waals surface area contributed by atoms with Crippen LogP contribution in [0.5, 0.6) is 5.75 Å². The number of carbonyl (C=O) groups excluding carboxylic acids is 1. The van der Waals surface area contributed by atoms with Gasteiger partial charge in [0, 0.05) is 46.8 Å². The van der Waals surface area contributed by atoms with E-state index in [4.69, 9.17) is 26.3 Å². The number of amides is 1. The molecular weight excluding hydrogens is 434 g/mol. The fourth-order valence-electron chi connectivity index (χ4n) is 4.10. The summed E-state index contributed by atoms with van der Waals surface area (Å²) in [5.41, 5.74) is 5.33. The number of aromatic nitrogens is 2. The highest BCUT2D eigenvalue weighted by molar-refractivity contribution is 6.30. The summed E-state index contributed by atoms with van der Waals surface area (Å²) in [5, 5.41) is 0.552. The third-order valence-corrected chi connectivity index (χ3v) is 6.05. The third kappa shape index (κ3) is 4.32. The van der Waals surface area contributed by atoms with E-state index in [9.17, 15) is 4.79 Å². The van der Waals surface area contributed by atoms with Gasteiger partial charge < -0.3 is 9.64 Å². The fourth-order valence-corrected chi connectivity index (χ4v) is 4.29. The van der Waals surface area contributed by atoms with E-state index in [1.165, 1.54) is 0 Å². The van der Waals surface area contributed by atoms with E-state index in [2.05, 4.69) is 0 Å². The standard InChI is InChI=1S/C27H22ClN3O2/c1-33-22-12-10-19(11-13-22)26-29-24-14-15-31(27(32)20-8-5-9-21(28)16-20)17-23(24)25(30-26)18-6-3-2-4-7-18/h2-13,16H,14-15,17H2,1H3. The molecular formula is C27H22ClN3O2. The Kier molecular flexibility index (Phi) is 5.80. The second kappa shape index (κ2) is 9.04. The SMILES string of the molecule is COc1ccc(-c2nc3c(c(-c4ccccc4)n2)CN(C(=O)c2cccc(Cl)c2)CC3)cc1. The first-order chi connectivity index (χ1) is 16.1. The van der Waals surface area contributed by atoms with Crippen molar-refractivity contribution in [1.82, 2.24) is 14.9 Å². The quantitative estimate of drug-likeness (QED) is 0.397. The number of carbonyl (C=O) groups is 1. The van der Waals surface area contributed by atoms with Gasteiger partial charge in [0.25, 0.3) is 5.91 Å². The summed E-state index contributed by atoms with van der Waals surface area (Å²) in [5.74, 6) is 1.42. The maximum Gasteiger partial charge on any atom is 0.254 e. The Bertz CT molecular complexity index is 1310. The van der Waals surface area contributed by atoms with Gasteiger partial charge in [-0.15, -0.1) is 0 Å². The minimum Gasteiger partial charge on any atom is -0.497 e. The van der Waals surface area contributed by atoms with Gasteiger partial charge in [-0.2, -0.15) is 0 Å². The fraction of sp³-hybridized carbons (Fsp3) is 0.148. The van der Waals surface area contributed by atoms with Gasteiger partial charge in [0.1, 0.15) is 5.75 Å². The molecule has 1 amide bonds. The van der Waals surface area contributed by atoms with E-state index in [0.29, 0.717) is 35.9 Å². The van der Waals surface area contributed by atoms with Gasteiger partial charge in [-0.3, -0.25) is 4.79 Å². The van der Waals surface area contributed by atoms with Crippen molar-refractivity contribution in [1.29, 1.82) is 0 Å². The molecule has 6 heteroatoms. The number of hydrogen-bond acceptors (Lipinski definition) is 4. The molecule has 0 atom stereocenters. The highest BCUT2D eigenvalue weighted by Crippen LogP contribution is 2.32. The highest BCUT2D eigenvalue weighted by Gasteiger charge is 2.27. The van der Waals surface area contributed by atoms with Crippen LogP contribution in [0.25, 0.3) is 22.6 Å². The number of nitrogens with zero attached hydrogens (tertiary/aromatic N) is 3.